The third-order valence-electron chi connectivity index (χ3n) is 5.72. The lowest BCUT2D eigenvalue weighted by Gasteiger charge is -2.37. The molecule has 1 unspecified atom stereocenters. The summed E-state index contributed by atoms with van der Waals surface area (Å²) in [5.41, 5.74) is 3.62. The minimum atomic E-state index is -0.818. The summed E-state index contributed by atoms with van der Waals surface area (Å²) in [6.45, 7) is 7.23. The highest BCUT2D eigenvalue weighted by atomic mass is 16.5. The third kappa shape index (κ3) is 4.87. The Morgan fingerprint density at radius 1 is 0.903 bits per heavy atom. The van der Waals surface area contributed by atoms with Crippen LogP contribution in [0.4, 0.5) is 11.4 Å². The minimum absolute atomic E-state index is 0.153. The first-order valence-corrected chi connectivity index (χ1v) is 10.7. The van der Waals surface area contributed by atoms with Gasteiger partial charge in [0.05, 0.1) is 11.3 Å². The van der Waals surface area contributed by atoms with Gasteiger partial charge in [0.25, 0.3) is 5.91 Å². The van der Waals surface area contributed by atoms with E-state index in [0.29, 0.717) is 18.7 Å². The summed E-state index contributed by atoms with van der Waals surface area (Å²) < 4.78 is 5.46. The average Bonchev–Trinajstić information content (AvgIpc) is 3.25. The first-order chi connectivity index (χ1) is 15.0. The van der Waals surface area contributed by atoms with Crippen LogP contribution >= 0.6 is 0 Å². The van der Waals surface area contributed by atoms with E-state index in [1.54, 1.807) is 24.0 Å². The number of amides is 1. The zero-order chi connectivity index (χ0) is 21.8. The Morgan fingerprint density at radius 3 is 2.19 bits per heavy atom. The van der Waals surface area contributed by atoms with Crippen LogP contribution in [0.15, 0.2) is 59.7 Å². The van der Waals surface area contributed by atoms with E-state index in [2.05, 4.69) is 22.1 Å². The van der Waals surface area contributed by atoms with Gasteiger partial charge in [-0.2, -0.15) is 5.10 Å². The number of ether oxygens (including phenoxy) is 1. The van der Waals surface area contributed by atoms with Crippen LogP contribution in [0.3, 0.4) is 0 Å². The molecular formula is C24H28N4O3. The van der Waals surface area contributed by atoms with Gasteiger partial charge in [0.1, 0.15) is 0 Å². The molecule has 2 aromatic rings. The minimum Gasteiger partial charge on any atom is -0.449 e. The molecule has 0 aromatic heterocycles. The second-order valence-electron chi connectivity index (χ2n) is 7.95. The summed E-state index contributed by atoms with van der Waals surface area (Å²) >= 11 is 0. The first kappa shape index (κ1) is 20.9. The molecule has 31 heavy (non-hydrogen) atoms. The lowest BCUT2D eigenvalue weighted by atomic mass is 10.2. The number of piperazine rings is 1. The van der Waals surface area contributed by atoms with Crippen molar-refractivity contribution >= 4 is 29.0 Å². The fourth-order valence-corrected chi connectivity index (χ4v) is 3.89. The predicted octanol–water partition coefficient (Wildman–Crippen LogP) is 3.17. The third-order valence-corrected chi connectivity index (χ3v) is 5.72. The van der Waals surface area contributed by atoms with Gasteiger partial charge in [-0.05, 0) is 50.2 Å². The Bertz CT molecular complexity index is 951. The zero-order valence-electron chi connectivity index (χ0n) is 18.0. The number of hydrogen-bond donors (Lipinski definition) is 0. The predicted molar refractivity (Wildman–Crippen MR) is 122 cm³/mol. The van der Waals surface area contributed by atoms with Crippen LogP contribution in [0.25, 0.3) is 0 Å². The number of hydrogen-bond acceptors (Lipinski definition) is 6. The molecule has 2 aromatic carbocycles. The van der Waals surface area contributed by atoms with Gasteiger partial charge in [-0.25, -0.2) is 4.79 Å². The van der Waals surface area contributed by atoms with E-state index in [9.17, 15) is 9.59 Å². The van der Waals surface area contributed by atoms with Crippen molar-refractivity contribution in [2.45, 2.75) is 26.4 Å². The molecule has 0 spiro atoms. The SMILES string of the molecule is CC1=NN(c2ccc(C(=O)OC(C)C(=O)N3CCN(c4ccccc4)CC3)cc2)CC1. The Hall–Kier alpha value is -3.35. The Kier molecular flexibility index (Phi) is 6.21. The van der Waals surface area contributed by atoms with E-state index >= 15 is 0 Å². The van der Waals surface area contributed by atoms with Crippen molar-refractivity contribution in [1.82, 2.24) is 4.90 Å². The molecule has 0 bridgehead atoms. The number of para-hydroxylation sites is 1. The number of anilines is 2. The van der Waals surface area contributed by atoms with Gasteiger partial charge in [0, 0.05) is 50.5 Å². The van der Waals surface area contributed by atoms with Crippen LogP contribution in [0, 0.1) is 0 Å². The van der Waals surface area contributed by atoms with Crippen molar-refractivity contribution in [3.8, 4) is 0 Å². The molecule has 4 rings (SSSR count). The molecule has 1 saturated heterocycles. The molecule has 1 atom stereocenters. The summed E-state index contributed by atoms with van der Waals surface area (Å²) in [7, 11) is 0. The van der Waals surface area contributed by atoms with E-state index < -0.39 is 12.1 Å². The van der Waals surface area contributed by atoms with Crippen LogP contribution < -0.4 is 9.91 Å². The molecule has 7 nitrogen and oxygen atoms in total. The Balaban J connectivity index is 1.29. The van der Waals surface area contributed by atoms with E-state index in [1.807, 2.05) is 42.3 Å². The lowest BCUT2D eigenvalue weighted by molar-refractivity contribution is -0.140. The monoisotopic (exact) mass is 420 g/mol. The normalized spacial score (nSPS) is 17.4. The van der Waals surface area contributed by atoms with Gasteiger partial charge >= 0.3 is 5.97 Å². The smallest absolute Gasteiger partial charge is 0.338 e. The Morgan fingerprint density at radius 2 is 1.58 bits per heavy atom. The first-order valence-electron chi connectivity index (χ1n) is 10.7. The maximum absolute atomic E-state index is 12.8. The van der Waals surface area contributed by atoms with Gasteiger partial charge in [-0.1, -0.05) is 18.2 Å². The van der Waals surface area contributed by atoms with Crippen molar-refractivity contribution in [2.24, 2.45) is 5.10 Å². The van der Waals surface area contributed by atoms with Gasteiger partial charge in [-0.15, -0.1) is 0 Å². The van der Waals surface area contributed by atoms with Crippen molar-refractivity contribution in [3.63, 3.8) is 0 Å². The van der Waals surface area contributed by atoms with E-state index in [-0.39, 0.29) is 5.91 Å². The highest BCUT2D eigenvalue weighted by molar-refractivity contribution is 5.92. The fourth-order valence-electron chi connectivity index (χ4n) is 3.89. The molecule has 162 valence electrons. The molecule has 0 radical (unpaired) electrons. The Labute approximate surface area is 182 Å². The second kappa shape index (κ2) is 9.20. The van der Waals surface area contributed by atoms with Crippen molar-refractivity contribution in [3.05, 3.63) is 60.2 Å². The van der Waals surface area contributed by atoms with Crippen molar-refractivity contribution < 1.29 is 14.3 Å². The number of carbonyl (C=O) groups is 2. The summed E-state index contributed by atoms with van der Waals surface area (Å²) in [5, 5.41) is 6.38. The quantitative estimate of drug-likeness (QED) is 0.695. The molecule has 2 aliphatic rings. The summed E-state index contributed by atoms with van der Waals surface area (Å²) in [6.07, 6.45) is 0.129. The standard InChI is InChI=1S/C24H28N4O3/c1-18-12-13-28(25-18)22-10-8-20(9-11-22)24(30)31-19(2)23(29)27-16-14-26(15-17-27)21-6-4-3-5-7-21/h3-11,19H,12-17H2,1-2H3. The zero-order valence-corrected chi connectivity index (χ0v) is 18.0. The molecule has 2 heterocycles. The molecule has 0 saturated carbocycles. The van der Waals surface area contributed by atoms with Crippen molar-refractivity contribution in [1.29, 1.82) is 0 Å². The maximum Gasteiger partial charge on any atom is 0.338 e. The van der Waals surface area contributed by atoms with Gasteiger partial charge in [0.2, 0.25) is 0 Å². The average molecular weight is 421 g/mol. The fraction of sp³-hybridized carbons (Fsp3) is 0.375. The van der Waals surface area contributed by atoms with Crippen LogP contribution in [0.2, 0.25) is 0 Å². The van der Waals surface area contributed by atoms with Gasteiger partial charge < -0.3 is 14.5 Å². The van der Waals surface area contributed by atoms with E-state index in [0.717, 1.165) is 43.1 Å². The van der Waals surface area contributed by atoms with Crippen LogP contribution in [0.5, 0.6) is 0 Å². The second-order valence-corrected chi connectivity index (χ2v) is 7.95. The van der Waals surface area contributed by atoms with Crippen LogP contribution in [0.1, 0.15) is 30.6 Å². The molecule has 0 N–H and O–H groups in total. The summed E-state index contributed by atoms with van der Waals surface area (Å²) in [5.74, 6) is -0.643. The number of nitrogens with zero attached hydrogens (tertiary/aromatic N) is 4. The highest BCUT2D eigenvalue weighted by Gasteiger charge is 2.27. The van der Waals surface area contributed by atoms with Gasteiger partial charge in [-0.3, -0.25) is 9.80 Å². The van der Waals surface area contributed by atoms with Crippen LogP contribution in [-0.2, 0) is 9.53 Å². The number of rotatable bonds is 5. The molecular weight excluding hydrogens is 392 g/mol. The number of benzene rings is 2. The number of carbonyl (C=O) groups excluding carboxylic acids is 2. The van der Waals surface area contributed by atoms with E-state index in [4.69, 9.17) is 4.74 Å². The van der Waals surface area contributed by atoms with E-state index in [1.165, 1.54) is 0 Å². The molecule has 0 aliphatic carbocycles. The topological polar surface area (TPSA) is 65.5 Å². The van der Waals surface area contributed by atoms with Crippen molar-refractivity contribution in [2.75, 3.05) is 42.6 Å². The summed E-state index contributed by atoms with van der Waals surface area (Å²) in [6, 6.07) is 17.3. The molecule has 7 heteroatoms. The number of esters is 1. The molecule has 1 amide bonds. The molecule has 1 fully saturated rings. The van der Waals surface area contributed by atoms with Gasteiger partial charge in [0.15, 0.2) is 6.10 Å². The summed E-state index contributed by atoms with van der Waals surface area (Å²) in [4.78, 5) is 29.3. The highest BCUT2D eigenvalue weighted by Crippen LogP contribution is 2.21. The largest absolute Gasteiger partial charge is 0.449 e. The van der Waals surface area contributed by atoms with Crippen LogP contribution in [-0.4, -0.2) is 61.3 Å². The lowest BCUT2D eigenvalue weighted by Crippen LogP contribution is -2.51. The number of hydrazone groups is 1. The molecule has 2 aliphatic heterocycles. The maximum atomic E-state index is 12.8.